The van der Waals surface area contributed by atoms with E-state index in [0.29, 0.717) is 5.69 Å². The summed E-state index contributed by atoms with van der Waals surface area (Å²) in [4.78, 5) is 11.6. The number of fused-ring (bicyclic) bond motifs is 1. The number of aromatic nitrogens is 1. The largest absolute Gasteiger partial charge is 0.497 e. The SMILES string of the molecule is COc1ccc(-c2cc3c(C)cccn3c2C=O)c(C)c1. The lowest BCUT2D eigenvalue weighted by Gasteiger charge is -2.07. The zero-order chi connectivity index (χ0) is 15.0. The second kappa shape index (κ2) is 5.09. The molecule has 3 aromatic rings. The van der Waals surface area contributed by atoms with E-state index < -0.39 is 0 Å². The van der Waals surface area contributed by atoms with Crippen molar-refractivity contribution in [2.24, 2.45) is 0 Å². The molecule has 0 atom stereocenters. The number of ether oxygens (including phenoxy) is 1. The zero-order valence-corrected chi connectivity index (χ0v) is 12.4. The van der Waals surface area contributed by atoms with Crippen LogP contribution in [0.2, 0.25) is 0 Å². The summed E-state index contributed by atoms with van der Waals surface area (Å²) in [5.41, 5.74) is 6.00. The fourth-order valence-corrected chi connectivity index (χ4v) is 2.76. The molecule has 0 aliphatic rings. The van der Waals surface area contributed by atoms with E-state index in [1.165, 1.54) is 0 Å². The Labute approximate surface area is 123 Å². The van der Waals surface area contributed by atoms with Gasteiger partial charge in [-0.3, -0.25) is 4.79 Å². The summed E-state index contributed by atoms with van der Waals surface area (Å²) >= 11 is 0. The van der Waals surface area contributed by atoms with Gasteiger partial charge >= 0.3 is 0 Å². The highest BCUT2D eigenvalue weighted by Gasteiger charge is 2.14. The van der Waals surface area contributed by atoms with Gasteiger partial charge in [0.05, 0.1) is 12.8 Å². The molecule has 0 fully saturated rings. The average Bonchev–Trinajstić information content (AvgIpc) is 2.86. The second-order valence-electron chi connectivity index (χ2n) is 5.19. The maximum absolute atomic E-state index is 11.6. The van der Waals surface area contributed by atoms with Crippen LogP contribution < -0.4 is 4.74 Å². The molecular formula is C18H17NO2. The number of carbonyl (C=O) groups excluding carboxylic acids is 1. The Hall–Kier alpha value is -2.55. The van der Waals surface area contributed by atoms with E-state index in [9.17, 15) is 4.79 Å². The zero-order valence-electron chi connectivity index (χ0n) is 12.4. The highest BCUT2D eigenvalue weighted by atomic mass is 16.5. The van der Waals surface area contributed by atoms with Crippen molar-refractivity contribution in [3.63, 3.8) is 0 Å². The minimum absolute atomic E-state index is 0.682. The molecule has 2 aromatic heterocycles. The van der Waals surface area contributed by atoms with Crippen molar-refractivity contribution in [2.75, 3.05) is 7.11 Å². The van der Waals surface area contributed by atoms with Gasteiger partial charge in [0.1, 0.15) is 5.75 Å². The molecule has 1 aromatic carbocycles. The summed E-state index contributed by atoms with van der Waals surface area (Å²) in [6, 6.07) is 12.0. The minimum atomic E-state index is 0.682. The number of hydrogen-bond donors (Lipinski definition) is 0. The lowest BCUT2D eigenvalue weighted by molar-refractivity contribution is 0.111. The number of benzene rings is 1. The van der Waals surface area contributed by atoms with E-state index in [0.717, 1.165) is 39.8 Å². The quantitative estimate of drug-likeness (QED) is 0.677. The molecular weight excluding hydrogens is 262 g/mol. The molecule has 0 spiro atoms. The van der Waals surface area contributed by atoms with Crippen LogP contribution >= 0.6 is 0 Å². The first kappa shape index (κ1) is 13.4. The maximum atomic E-state index is 11.6. The predicted octanol–water partition coefficient (Wildman–Crippen LogP) is 4.04. The summed E-state index contributed by atoms with van der Waals surface area (Å²) in [5, 5.41) is 0. The Bertz CT molecular complexity index is 831. The van der Waals surface area contributed by atoms with Crippen LogP contribution in [0.25, 0.3) is 16.6 Å². The predicted molar refractivity (Wildman–Crippen MR) is 84.2 cm³/mol. The summed E-state index contributed by atoms with van der Waals surface area (Å²) in [6.45, 7) is 4.08. The van der Waals surface area contributed by atoms with Crippen molar-refractivity contribution in [3.8, 4) is 16.9 Å². The van der Waals surface area contributed by atoms with Crippen molar-refractivity contribution >= 4 is 11.8 Å². The molecule has 0 saturated carbocycles. The smallest absolute Gasteiger partial charge is 0.167 e. The summed E-state index contributed by atoms with van der Waals surface area (Å²) in [7, 11) is 1.65. The highest BCUT2D eigenvalue weighted by molar-refractivity contribution is 5.91. The van der Waals surface area contributed by atoms with Gasteiger partial charge in [-0.15, -0.1) is 0 Å². The molecule has 0 unspecified atom stereocenters. The Morgan fingerprint density at radius 1 is 1.05 bits per heavy atom. The van der Waals surface area contributed by atoms with Gasteiger partial charge < -0.3 is 9.14 Å². The van der Waals surface area contributed by atoms with E-state index in [4.69, 9.17) is 4.74 Å². The first-order valence-corrected chi connectivity index (χ1v) is 6.86. The van der Waals surface area contributed by atoms with Gasteiger partial charge in [0.15, 0.2) is 6.29 Å². The molecule has 0 aliphatic heterocycles. The summed E-state index contributed by atoms with van der Waals surface area (Å²) in [5.74, 6) is 0.823. The van der Waals surface area contributed by atoms with Gasteiger partial charge in [-0.25, -0.2) is 0 Å². The first-order chi connectivity index (χ1) is 10.2. The fraction of sp³-hybridized carbons (Fsp3) is 0.167. The van der Waals surface area contributed by atoms with E-state index in [1.807, 2.05) is 41.8 Å². The standard InChI is InChI=1S/C18H17NO2/c1-12-5-4-8-19-17(12)10-16(18(19)11-20)15-7-6-14(21-3)9-13(15)2/h4-11H,1-3H3. The Balaban J connectivity index is 2.30. The Morgan fingerprint density at radius 3 is 2.52 bits per heavy atom. The van der Waals surface area contributed by atoms with Gasteiger partial charge in [0.25, 0.3) is 0 Å². The summed E-state index contributed by atoms with van der Waals surface area (Å²) in [6.07, 6.45) is 2.85. The van der Waals surface area contributed by atoms with Crippen LogP contribution in [0.15, 0.2) is 42.6 Å². The minimum Gasteiger partial charge on any atom is -0.497 e. The first-order valence-electron chi connectivity index (χ1n) is 6.86. The van der Waals surface area contributed by atoms with Crippen LogP contribution in [-0.4, -0.2) is 17.8 Å². The maximum Gasteiger partial charge on any atom is 0.167 e. The van der Waals surface area contributed by atoms with E-state index in [-0.39, 0.29) is 0 Å². The number of hydrogen-bond acceptors (Lipinski definition) is 2. The number of aldehydes is 1. The molecule has 0 bridgehead atoms. The number of methoxy groups -OCH3 is 1. The second-order valence-corrected chi connectivity index (χ2v) is 5.19. The summed E-state index contributed by atoms with van der Waals surface area (Å²) < 4.78 is 7.19. The molecule has 3 rings (SSSR count). The van der Waals surface area contributed by atoms with Gasteiger partial charge in [-0.1, -0.05) is 12.1 Å². The molecule has 106 valence electrons. The van der Waals surface area contributed by atoms with Crippen LogP contribution in [0.1, 0.15) is 21.6 Å². The lowest BCUT2D eigenvalue weighted by atomic mass is 10.0. The normalized spacial score (nSPS) is 10.8. The molecule has 3 heteroatoms. The lowest BCUT2D eigenvalue weighted by Crippen LogP contribution is -1.94. The van der Waals surface area contributed by atoms with E-state index in [2.05, 4.69) is 19.1 Å². The topological polar surface area (TPSA) is 30.7 Å². The van der Waals surface area contributed by atoms with Crippen LogP contribution in [0.4, 0.5) is 0 Å². The third-order valence-electron chi connectivity index (χ3n) is 3.90. The monoisotopic (exact) mass is 279 g/mol. The molecule has 21 heavy (non-hydrogen) atoms. The number of rotatable bonds is 3. The van der Waals surface area contributed by atoms with Crippen LogP contribution in [-0.2, 0) is 0 Å². The molecule has 3 nitrogen and oxygen atoms in total. The van der Waals surface area contributed by atoms with Crippen molar-refractivity contribution in [1.82, 2.24) is 4.40 Å². The van der Waals surface area contributed by atoms with Crippen LogP contribution in [0.3, 0.4) is 0 Å². The molecule has 0 saturated heterocycles. The van der Waals surface area contributed by atoms with Crippen molar-refractivity contribution < 1.29 is 9.53 Å². The third-order valence-corrected chi connectivity index (χ3v) is 3.90. The highest BCUT2D eigenvalue weighted by Crippen LogP contribution is 2.32. The molecule has 0 aliphatic carbocycles. The molecule has 0 amide bonds. The van der Waals surface area contributed by atoms with Gasteiger partial charge in [0, 0.05) is 17.3 Å². The average molecular weight is 279 g/mol. The van der Waals surface area contributed by atoms with E-state index in [1.54, 1.807) is 7.11 Å². The fourth-order valence-electron chi connectivity index (χ4n) is 2.76. The van der Waals surface area contributed by atoms with Crippen molar-refractivity contribution in [3.05, 3.63) is 59.4 Å². The number of nitrogens with zero attached hydrogens (tertiary/aromatic N) is 1. The Morgan fingerprint density at radius 2 is 1.86 bits per heavy atom. The molecule has 0 N–H and O–H groups in total. The number of carbonyl (C=O) groups is 1. The van der Waals surface area contributed by atoms with Gasteiger partial charge in [-0.2, -0.15) is 0 Å². The van der Waals surface area contributed by atoms with Gasteiger partial charge in [-0.05, 0) is 54.8 Å². The van der Waals surface area contributed by atoms with Crippen molar-refractivity contribution in [2.45, 2.75) is 13.8 Å². The Kier molecular flexibility index (Phi) is 3.26. The number of aryl methyl sites for hydroxylation is 2. The third kappa shape index (κ3) is 2.11. The number of pyridine rings is 1. The van der Waals surface area contributed by atoms with E-state index >= 15 is 0 Å². The van der Waals surface area contributed by atoms with Gasteiger partial charge in [0.2, 0.25) is 0 Å². The molecule has 0 radical (unpaired) electrons. The van der Waals surface area contributed by atoms with Crippen LogP contribution in [0, 0.1) is 13.8 Å². The van der Waals surface area contributed by atoms with Crippen LogP contribution in [0.5, 0.6) is 5.75 Å². The molecule has 2 heterocycles. The van der Waals surface area contributed by atoms with Crippen molar-refractivity contribution in [1.29, 1.82) is 0 Å².